The largest absolute Gasteiger partial charge is 0.308 e. The van der Waals surface area contributed by atoms with Crippen LogP contribution in [0.15, 0.2) is 78.9 Å². The van der Waals surface area contributed by atoms with Gasteiger partial charge in [0.25, 0.3) is 0 Å². The quantitative estimate of drug-likeness (QED) is 0.202. The molecule has 0 radical (unpaired) electrons. The van der Waals surface area contributed by atoms with Gasteiger partial charge >= 0.3 is 0 Å². The molecule has 7 rings (SSSR count). The van der Waals surface area contributed by atoms with Gasteiger partial charge in [-0.2, -0.15) is 0 Å². The smallest absolute Gasteiger partial charge is 0.164 e. The second-order valence-corrected chi connectivity index (χ2v) is 12.8. The molecule has 0 aliphatic carbocycles. The van der Waals surface area contributed by atoms with E-state index >= 15 is 0 Å². The summed E-state index contributed by atoms with van der Waals surface area (Å²) in [6.45, 7) is 20.4. The van der Waals surface area contributed by atoms with Gasteiger partial charge in [-0.05, 0) is 131 Å². The number of aryl methyl sites for hydroxylation is 5. The average molecular weight is 601 g/mol. The van der Waals surface area contributed by atoms with Crippen LogP contribution < -0.4 is 0 Å². The van der Waals surface area contributed by atoms with Crippen molar-refractivity contribution in [1.29, 1.82) is 0 Å². The lowest BCUT2D eigenvalue weighted by molar-refractivity contribution is 1.07. The maximum atomic E-state index is 5.00. The van der Waals surface area contributed by atoms with E-state index in [1.807, 2.05) is 60.7 Å². The Morgan fingerprint density at radius 3 is 1.20 bits per heavy atom. The van der Waals surface area contributed by atoms with Gasteiger partial charge in [0, 0.05) is 33.2 Å². The monoisotopic (exact) mass is 600 g/mol. The number of fused-ring (bicyclic) bond motifs is 3. The van der Waals surface area contributed by atoms with Gasteiger partial charge in [-0.1, -0.05) is 60.7 Å². The molecule has 0 atom stereocenters. The first-order valence-electron chi connectivity index (χ1n) is 16.1. The zero-order chi connectivity index (χ0) is 32.4. The van der Waals surface area contributed by atoms with Crippen molar-refractivity contribution in [2.45, 2.75) is 62.3 Å². The fourth-order valence-corrected chi connectivity index (χ4v) is 7.09. The molecule has 2 heterocycles. The van der Waals surface area contributed by atoms with E-state index in [1.54, 1.807) is 0 Å². The van der Waals surface area contributed by atoms with Crippen LogP contribution in [0.4, 0.5) is 0 Å². The molecule has 0 fully saturated rings. The zero-order valence-electron chi connectivity index (χ0n) is 28.3. The molecule has 228 valence electrons. The molecule has 7 aromatic rings. The highest BCUT2D eigenvalue weighted by Crippen LogP contribution is 2.44. The summed E-state index contributed by atoms with van der Waals surface area (Å²) >= 11 is 0. The highest BCUT2D eigenvalue weighted by atomic mass is 15.0. The van der Waals surface area contributed by atoms with Gasteiger partial charge in [-0.3, -0.25) is 0 Å². The van der Waals surface area contributed by atoms with Crippen molar-refractivity contribution < 1.29 is 0 Å². The lowest BCUT2D eigenvalue weighted by atomic mass is 9.90. The molecular weight excluding hydrogens is 560 g/mol. The van der Waals surface area contributed by atoms with E-state index < -0.39 is 0 Å². The Hall–Kier alpha value is -5.09. The third-order valence-electron chi connectivity index (χ3n) is 10.4. The summed E-state index contributed by atoms with van der Waals surface area (Å²) in [5.74, 6) is 2.01. The van der Waals surface area contributed by atoms with Crippen molar-refractivity contribution in [2.75, 3.05) is 0 Å². The number of hydrogen-bond acceptors (Lipinski definition) is 3. The van der Waals surface area contributed by atoms with Gasteiger partial charge in [0.05, 0.1) is 11.0 Å². The number of hydrogen-bond donors (Lipinski definition) is 0. The van der Waals surface area contributed by atoms with Crippen LogP contribution in [0.5, 0.6) is 0 Å². The van der Waals surface area contributed by atoms with Crippen molar-refractivity contribution in [1.82, 2.24) is 19.5 Å². The predicted octanol–water partition coefficient (Wildman–Crippen LogP) is 10.7. The van der Waals surface area contributed by atoms with Crippen LogP contribution in [-0.4, -0.2) is 19.5 Å². The maximum Gasteiger partial charge on any atom is 0.164 e. The molecule has 2 aromatic heterocycles. The summed E-state index contributed by atoms with van der Waals surface area (Å²) in [5, 5.41) is 2.75. The van der Waals surface area contributed by atoms with Crippen molar-refractivity contribution in [3.05, 3.63) is 129 Å². The lowest BCUT2D eigenvalue weighted by Crippen LogP contribution is -2.04. The van der Waals surface area contributed by atoms with Crippen LogP contribution in [0.2, 0.25) is 0 Å². The van der Waals surface area contributed by atoms with E-state index in [9.17, 15) is 0 Å². The standard InChI is InChI=1S/C42H40N4/c1-23-22-34(42-44-40(32-16-12-10-13-17-32)43-41(45-42)33-18-14-11-15-19-33)20-21-35(23)46-38-30(8)26(4)24(2)28(6)36(38)37-29(7)25(3)27(5)31(9)39(37)46/h10-22H,1-9H3. The molecule has 0 amide bonds. The normalized spacial score (nSPS) is 11.6. The molecule has 4 nitrogen and oxygen atoms in total. The number of benzene rings is 5. The third kappa shape index (κ3) is 4.47. The molecular formula is C42H40N4. The van der Waals surface area contributed by atoms with Crippen LogP contribution in [0.25, 0.3) is 61.7 Å². The van der Waals surface area contributed by atoms with Crippen molar-refractivity contribution in [2.24, 2.45) is 0 Å². The van der Waals surface area contributed by atoms with Crippen molar-refractivity contribution >= 4 is 21.8 Å². The Kier molecular flexibility index (Phi) is 7.12. The van der Waals surface area contributed by atoms with E-state index in [2.05, 4.69) is 85.1 Å². The minimum absolute atomic E-state index is 0.668. The summed E-state index contributed by atoms with van der Waals surface area (Å²) in [6, 6.07) is 27.0. The molecule has 0 bridgehead atoms. The number of aromatic nitrogens is 4. The van der Waals surface area contributed by atoms with Gasteiger partial charge in [-0.25, -0.2) is 15.0 Å². The predicted molar refractivity (Wildman–Crippen MR) is 193 cm³/mol. The summed E-state index contributed by atoms with van der Waals surface area (Å²) in [6.07, 6.45) is 0. The van der Waals surface area contributed by atoms with Crippen LogP contribution in [0.3, 0.4) is 0 Å². The van der Waals surface area contributed by atoms with E-state index in [-0.39, 0.29) is 0 Å². The second-order valence-electron chi connectivity index (χ2n) is 12.8. The molecule has 0 unspecified atom stereocenters. The molecule has 0 aliphatic rings. The summed E-state index contributed by atoms with van der Waals surface area (Å²) < 4.78 is 2.53. The molecule has 0 N–H and O–H groups in total. The summed E-state index contributed by atoms with van der Waals surface area (Å²) in [7, 11) is 0. The fraction of sp³-hybridized carbons (Fsp3) is 0.214. The van der Waals surface area contributed by atoms with Crippen molar-refractivity contribution in [3.8, 4) is 39.9 Å². The molecule has 46 heavy (non-hydrogen) atoms. The minimum Gasteiger partial charge on any atom is -0.308 e. The highest BCUT2D eigenvalue weighted by molar-refractivity contribution is 6.15. The van der Waals surface area contributed by atoms with E-state index in [0.717, 1.165) is 16.7 Å². The zero-order valence-corrected chi connectivity index (χ0v) is 28.3. The minimum atomic E-state index is 0.668. The molecule has 0 aliphatic heterocycles. The van der Waals surface area contributed by atoms with Gasteiger partial charge in [0.15, 0.2) is 17.5 Å². The Morgan fingerprint density at radius 2 is 0.783 bits per heavy atom. The third-order valence-corrected chi connectivity index (χ3v) is 10.4. The molecule has 5 aromatic carbocycles. The van der Waals surface area contributed by atoms with Crippen LogP contribution >= 0.6 is 0 Å². The topological polar surface area (TPSA) is 43.6 Å². The van der Waals surface area contributed by atoms with Gasteiger partial charge < -0.3 is 4.57 Å². The molecule has 0 spiro atoms. The Bertz CT molecular complexity index is 2190. The maximum absolute atomic E-state index is 5.00. The second kappa shape index (κ2) is 11.1. The van der Waals surface area contributed by atoms with Gasteiger partial charge in [0.2, 0.25) is 0 Å². The fourth-order valence-electron chi connectivity index (χ4n) is 7.09. The Balaban J connectivity index is 1.50. The van der Waals surface area contributed by atoms with Crippen LogP contribution in [0.1, 0.15) is 50.1 Å². The van der Waals surface area contributed by atoms with E-state index in [1.165, 1.54) is 77.6 Å². The van der Waals surface area contributed by atoms with Crippen molar-refractivity contribution in [3.63, 3.8) is 0 Å². The summed E-state index contributed by atoms with van der Waals surface area (Å²) in [4.78, 5) is 14.9. The molecule has 0 saturated heterocycles. The van der Waals surface area contributed by atoms with Gasteiger partial charge in [0.1, 0.15) is 0 Å². The Morgan fingerprint density at radius 1 is 0.391 bits per heavy atom. The van der Waals surface area contributed by atoms with Crippen LogP contribution in [0, 0.1) is 62.3 Å². The highest BCUT2D eigenvalue weighted by Gasteiger charge is 2.25. The Labute approximate surface area is 271 Å². The summed E-state index contributed by atoms with van der Waals surface area (Å²) in [5.41, 5.74) is 18.8. The van der Waals surface area contributed by atoms with Gasteiger partial charge in [-0.15, -0.1) is 0 Å². The first-order chi connectivity index (χ1) is 22.1. The van der Waals surface area contributed by atoms with Crippen LogP contribution in [-0.2, 0) is 0 Å². The lowest BCUT2D eigenvalue weighted by Gasteiger charge is -2.18. The van der Waals surface area contributed by atoms with E-state index in [0.29, 0.717) is 17.5 Å². The average Bonchev–Trinajstić information content (AvgIpc) is 3.44. The molecule has 0 saturated carbocycles. The number of nitrogens with zero attached hydrogens (tertiary/aromatic N) is 4. The van der Waals surface area contributed by atoms with E-state index in [4.69, 9.17) is 15.0 Å². The first kappa shape index (κ1) is 29.6. The molecule has 4 heteroatoms. The number of rotatable bonds is 4. The first-order valence-corrected chi connectivity index (χ1v) is 16.1. The SMILES string of the molecule is Cc1cc(-c2nc(-c3ccccc3)nc(-c3ccccc3)n2)ccc1-n1c2c(C)c(C)c(C)c(C)c2c2c(C)c(C)c(C)c(C)c21.